The predicted octanol–water partition coefficient (Wildman–Crippen LogP) is 4.00. The Morgan fingerprint density at radius 1 is 1.03 bits per heavy atom. The summed E-state index contributed by atoms with van der Waals surface area (Å²) in [7, 11) is 3.08. The summed E-state index contributed by atoms with van der Waals surface area (Å²) in [6.45, 7) is 2.22. The molecule has 30 heavy (non-hydrogen) atoms. The lowest BCUT2D eigenvalue weighted by atomic mass is 10.1. The van der Waals surface area contributed by atoms with E-state index in [0.717, 1.165) is 11.8 Å². The van der Waals surface area contributed by atoms with Gasteiger partial charge in [0.15, 0.2) is 11.3 Å². The van der Waals surface area contributed by atoms with Crippen LogP contribution in [0.25, 0.3) is 21.9 Å². The summed E-state index contributed by atoms with van der Waals surface area (Å²) in [6, 6.07) is 12.1. The zero-order valence-electron chi connectivity index (χ0n) is 16.6. The summed E-state index contributed by atoms with van der Waals surface area (Å²) in [6.07, 6.45) is 0. The minimum Gasteiger partial charge on any atom is -0.505 e. The fourth-order valence-corrected chi connectivity index (χ4v) is 4.20. The summed E-state index contributed by atoms with van der Waals surface area (Å²) >= 11 is 1.03. The number of fused-ring (bicyclic) bond motifs is 3. The van der Waals surface area contributed by atoms with Crippen LogP contribution in [0, 0.1) is 0 Å². The molecule has 0 aliphatic carbocycles. The number of hydrogen-bond donors (Lipinski definition) is 1. The van der Waals surface area contributed by atoms with E-state index in [2.05, 4.69) is 0 Å². The Labute approximate surface area is 175 Å². The molecule has 0 spiro atoms. The normalized spacial score (nSPS) is 11.2. The fourth-order valence-electron chi connectivity index (χ4n) is 3.37. The molecule has 0 saturated heterocycles. The van der Waals surface area contributed by atoms with Gasteiger partial charge in [0.25, 0.3) is 5.56 Å². The summed E-state index contributed by atoms with van der Waals surface area (Å²) in [5, 5.41) is 11.4. The number of aryl methyl sites for hydroxylation is 1. The van der Waals surface area contributed by atoms with Gasteiger partial charge in [-0.15, -0.1) is 0 Å². The first-order chi connectivity index (χ1) is 14.5. The molecule has 2 aromatic carbocycles. The third kappa shape index (κ3) is 3.19. The van der Waals surface area contributed by atoms with Crippen molar-refractivity contribution in [3.63, 3.8) is 0 Å². The number of ether oxygens (including phenoxy) is 2. The molecule has 2 aromatic heterocycles. The molecule has 2 heterocycles. The molecule has 154 valence electrons. The number of hydrogen-bond acceptors (Lipinski definition) is 7. The van der Waals surface area contributed by atoms with Crippen molar-refractivity contribution in [3.05, 3.63) is 63.2 Å². The van der Waals surface area contributed by atoms with Gasteiger partial charge in [-0.1, -0.05) is 11.8 Å². The zero-order valence-corrected chi connectivity index (χ0v) is 17.4. The smallest absolute Gasteiger partial charge is 0.354 e. The second-order valence-corrected chi connectivity index (χ2v) is 7.57. The highest BCUT2D eigenvalue weighted by molar-refractivity contribution is 7.99. The van der Waals surface area contributed by atoms with Crippen LogP contribution in [0.3, 0.4) is 0 Å². The molecule has 4 aromatic rings. The molecule has 0 aliphatic rings. The quantitative estimate of drug-likeness (QED) is 0.483. The molecule has 0 saturated carbocycles. The highest BCUT2D eigenvalue weighted by Crippen LogP contribution is 2.38. The van der Waals surface area contributed by atoms with Crippen molar-refractivity contribution < 1.29 is 19.0 Å². The van der Waals surface area contributed by atoms with Crippen molar-refractivity contribution >= 4 is 33.6 Å². The van der Waals surface area contributed by atoms with Gasteiger partial charge >= 0.3 is 5.63 Å². The van der Waals surface area contributed by atoms with E-state index in [9.17, 15) is 14.7 Å². The summed E-state index contributed by atoms with van der Waals surface area (Å²) in [5.74, 6) is 0.822. The topological polar surface area (TPSA) is 90.9 Å². The van der Waals surface area contributed by atoms with Gasteiger partial charge in [0, 0.05) is 16.8 Å². The molecule has 4 rings (SSSR count). The van der Waals surface area contributed by atoms with Crippen molar-refractivity contribution in [2.45, 2.75) is 23.3 Å². The average molecular weight is 425 g/mol. The molecule has 0 atom stereocenters. The number of aromatic nitrogens is 1. The minimum absolute atomic E-state index is 0.0341. The average Bonchev–Trinajstić information content (AvgIpc) is 2.76. The molecule has 8 heteroatoms. The van der Waals surface area contributed by atoms with Gasteiger partial charge in [0.2, 0.25) is 0 Å². The summed E-state index contributed by atoms with van der Waals surface area (Å²) in [5.41, 5.74) is -0.518. The lowest BCUT2D eigenvalue weighted by Crippen LogP contribution is -2.21. The van der Waals surface area contributed by atoms with Crippen LogP contribution in [0.5, 0.6) is 17.2 Å². The molecule has 0 radical (unpaired) electrons. The van der Waals surface area contributed by atoms with Crippen LogP contribution in [0.1, 0.15) is 6.92 Å². The first kappa shape index (κ1) is 19.9. The van der Waals surface area contributed by atoms with Crippen molar-refractivity contribution in [1.29, 1.82) is 0 Å². The van der Waals surface area contributed by atoms with Crippen molar-refractivity contribution in [2.75, 3.05) is 14.2 Å². The zero-order chi connectivity index (χ0) is 21.4. The van der Waals surface area contributed by atoms with E-state index in [0.29, 0.717) is 33.8 Å². The maximum Gasteiger partial charge on any atom is 0.354 e. The van der Waals surface area contributed by atoms with Gasteiger partial charge < -0.3 is 23.6 Å². The monoisotopic (exact) mass is 425 g/mol. The molecule has 7 nitrogen and oxygen atoms in total. The van der Waals surface area contributed by atoms with Crippen LogP contribution >= 0.6 is 11.8 Å². The molecular formula is C22H19NO6S. The van der Waals surface area contributed by atoms with Gasteiger partial charge in [-0.3, -0.25) is 4.79 Å². The molecular weight excluding hydrogens is 406 g/mol. The van der Waals surface area contributed by atoms with Crippen LogP contribution in [0.2, 0.25) is 0 Å². The highest BCUT2D eigenvalue weighted by atomic mass is 32.2. The summed E-state index contributed by atoms with van der Waals surface area (Å²) in [4.78, 5) is 26.5. The maximum absolute atomic E-state index is 13.1. The van der Waals surface area contributed by atoms with E-state index >= 15 is 0 Å². The third-order valence-electron chi connectivity index (χ3n) is 4.85. The van der Waals surface area contributed by atoms with E-state index < -0.39 is 11.2 Å². The van der Waals surface area contributed by atoms with E-state index in [1.54, 1.807) is 49.6 Å². The Morgan fingerprint density at radius 3 is 2.33 bits per heavy atom. The van der Waals surface area contributed by atoms with Crippen LogP contribution in [-0.4, -0.2) is 23.9 Å². The number of pyridine rings is 1. The van der Waals surface area contributed by atoms with Gasteiger partial charge in [0.1, 0.15) is 21.8 Å². The van der Waals surface area contributed by atoms with Crippen molar-refractivity contribution in [1.82, 2.24) is 4.57 Å². The Hall–Kier alpha value is -3.39. The van der Waals surface area contributed by atoms with E-state index in [1.807, 2.05) is 6.92 Å². The summed E-state index contributed by atoms with van der Waals surface area (Å²) < 4.78 is 17.5. The fraction of sp³-hybridized carbons (Fsp3) is 0.182. The van der Waals surface area contributed by atoms with Gasteiger partial charge in [-0.2, -0.15) is 0 Å². The van der Waals surface area contributed by atoms with Crippen LogP contribution < -0.4 is 20.7 Å². The second-order valence-electron chi connectivity index (χ2n) is 6.48. The van der Waals surface area contributed by atoms with E-state index in [-0.39, 0.29) is 21.6 Å². The Kier molecular flexibility index (Phi) is 5.17. The SMILES string of the molecule is CCn1c(=O)c2c(O)c(Sc3ccc(OC)cc3)c(=O)oc2c2cc(OC)ccc21. The maximum atomic E-state index is 13.1. The van der Waals surface area contributed by atoms with E-state index in [4.69, 9.17) is 13.9 Å². The van der Waals surface area contributed by atoms with Crippen molar-refractivity contribution in [3.8, 4) is 17.2 Å². The molecule has 0 aliphatic heterocycles. The molecule has 0 fully saturated rings. The minimum atomic E-state index is -0.724. The Morgan fingerprint density at radius 2 is 1.70 bits per heavy atom. The Balaban J connectivity index is 2.01. The first-order valence-corrected chi connectivity index (χ1v) is 10.0. The number of aromatic hydroxyl groups is 1. The van der Waals surface area contributed by atoms with Gasteiger partial charge in [-0.25, -0.2) is 4.79 Å². The molecule has 0 amide bonds. The molecule has 0 unspecified atom stereocenters. The van der Waals surface area contributed by atoms with Crippen LogP contribution in [0.4, 0.5) is 0 Å². The lowest BCUT2D eigenvalue weighted by Gasteiger charge is -2.13. The lowest BCUT2D eigenvalue weighted by molar-refractivity contribution is 0.414. The molecule has 1 N–H and O–H groups in total. The van der Waals surface area contributed by atoms with Crippen LogP contribution in [-0.2, 0) is 6.54 Å². The first-order valence-electron chi connectivity index (χ1n) is 9.20. The number of rotatable bonds is 5. The number of methoxy groups -OCH3 is 2. The molecule has 0 bridgehead atoms. The predicted molar refractivity (Wildman–Crippen MR) is 115 cm³/mol. The number of benzene rings is 2. The Bertz CT molecular complexity index is 1370. The van der Waals surface area contributed by atoms with E-state index in [1.165, 1.54) is 11.7 Å². The number of nitrogens with zero attached hydrogens (tertiary/aromatic N) is 1. The van der Waals surface area contributed by atoms with Crippen molar-refractivity contribution in [2.24, 2.45) is 0 Å². The van der Waals surface area contributed by atoms with Gasteiger partial charge in [0.05, 0.1) is 19.7 Å². The van der Waals surface area contributed by atoms with Gasteiger partial charge in [-0.05, 0) is 49.4 Å². The highest BCUT2D eigenvalue weighted by Gasteiger charge is 2.22. The second kappa shape index (κ2) is 7.79. The standard InChI is InChI=1S/C22H19NO6S/c1-4-23-16-10-7-13(28-3)11-15(16)19-17(21(23)25)18(24)20(22(26)29-19)30-14-8-5-12(27-2)6-9-14/h5-11,24H,4H2,1-3H3. The largest absolute Gasteiger partial charge is 0.505 e. The third-order valence-corrected chi connectivity index (χ3v) is 5.92. The van der Waals surface area contributed by atoms with Crippen LogP contribution in [0.15, 0.2) is 66.3 Å².